The Morgan fingerprint density at radius 2 is 1.19 bits per heavy atom. The van der Waals surface area contributed by atoms with Crippen LogP contribution in [0.2, 0.25) is 0 Å². The fourth-order valence-corrected chi connectivity index (χ4v) is 1.97. The molecule has 0 heterocycles. The largest absolute Gasteiger partial charge is 0.393 e. The molecule has 0 rings (SSSR count). The first kappa shape index (κ1) is 15.9. The van der Waals surface area contributed by atoms with Gasteiger partial charge in [-0.2, -0.15) is 0 Å². The van der Waals surface area contributed by atoms with Gasteiger partial charge in [0.05, 0.1) is 12.2 Å². The lowest BCUT2D eigenvalue weighted by atomic mass is 10.0. The molecule has 0 aliphatic rings. The zero-order chi connectivity index (χ0) is 12.2. The van der Waals surface area contributed by atoms with Crippen LogP contribution < -0.4 is 0 Å². The second-order valence-electron chi connectivity index (χ2n) is 4.89. The molecular weight excluding hydrogens is 200 g/mol. The zero-order valence-electron chi connectivity index (χ0n) is 11.1. The SMILES string of the molecule is CCCCCCCC(O)CC(O)CCCC. The van der Waals surface area contributed by atoms with Crippen LogP contribution in [0.15, 0.2) is 0 Å². The highest BCUT2D eigenvalue weighted by Crippen LogP contribution is 2.13. The predicted molar refractivity (Wildman–Crippen MR) is 69.5 cm³/mol. The van der Waals surface area contributed by atoms with Crippen LogP contribution in [0.1, 0.15) is 78.1 Å². The third kappa shape index (κ3) is 10.4. The van der Waals surface area contributed by atoms with Gasteiger partial charge in [-0.3, -0.25) is 0 Å². The van der Waals surface area contributed by atoms with Crippen molar-refractivity contribution in [3.63, 3.8) is 0 Å². The molecule has 0 bridgehead atoms. The molecule has 16 heavy (non-hydrogen) atoms. The van der Waals surface area contributed by atoms with Crippen molar-refractivity contribution in [2.24, 2.45) is 0 Å². The fourth-order valence-electron chi connectivity index (χ4n) is 1.97. The Bertz CT molecular complexity index is 137. The summed E-state index contributed by atoms with van der Waals surface area (Å²) in [6, 6.07) is 0. The van der Waals surface area contributed by atoms with E-state index in [1.54, 1.807) is 0 Å². The average molecular weight is 230 g/mol. The van der Waals surface area contributed by atoms with Crippen molar-refractivity contribution < 1.29 is 10.2 Å². The molecular formula is C14H30O2. The minimum absolute atomic E-state index is 0.298. The van der Waals surface area contributed by atoms with Crippen LogP contribution in [0.3, 0.4) is 0 Å². The van der Waals surface area contributed by atoms with Crippen LogP contribution in [0.4, 0.5) is 0 Å². The molecule has 2 atom stereocenters. The quantitative estimate of drug-likeness (QED) is 0.532. The third-order valence-corrected chi connectivity index (χ3v) is 3.08. The van der Waals surface area contributed by atoms with Crippen LogP contribution in [0.5, 0.6) is 0 Å². The van der Waals surface area contributed by atoms with E-state index in [9.17, 15) is 10.2 Å². The molecule has 0 aromatic heterocycles. The van der Waals surface area contributed by atoms with Crippen LogP contribution >= 0.6 is 0 Å². The van der Waals surface area contributed by atoms with Crippen molar-refractivity contribution in [2.75, 3.05) is 0 Å². The highest BCUT2D eigenvalue weighted by atomic mass is 16.3. The number of unbranched alkanes of at least 4 members (excludes halogenated alkanes) is 5. The molecule has 0 radical (unpaired) electrons. The molecule has 0 saturated carbocycles. The minimum Gasteiger partial charge on any atom is -0.393 e. The summed E-state index contributed by atoms with van der Waals surface area (Å²) in [5.74, 6) is 0. The molecule has 0 amide bonds. The maximum absolute atomic E-state index is 9.72. The molecule has 0 aliphatic carbocycles. The summed E-state index contributed by atoms with van der Waals surface area (Å²) in [7, 11) is 0. The summed E-state index contributed by atoms with van der Waals surface area (Å²) in [5, 5.41) is 19.3. The van der Waals surface area contributed by atoms with E-state index in [4.69, 9.17) is 0 Å². The highest BCUT2D eigenvalue weighted by Gasteiger charge is 2.10. The summed E-state index contributed by atoms with van der Waals surface area (Å²) in [6.45, 7) is 4.33. The highest BCUT2D eigenvalue weighted by molar-refractivity contribution is 4.63. The fraction of sp³-hybridized carbons (Fsp3) is 1.00. The van der Waals surface area contributed by atoms with Gasteiger partial charge < -0.3 is 10.2 Å². The van der Waals surface area contributed by atoms with Crippen molar-refractivity contribution in [3.8, 4) is 0 Å². The maximum atomic E-state index is 9.72. The van der Waals surface area contributed by atoms with Gasteiger partial charge in [0.15, 0.2) is 0 Å². The molecule has 0 fully saturated rings. The van der Waals surface area contributed by atoms with E-state index < -0.39 is 0 Å². The summed E-state index contributed by atoms with van der Waals surface area (Å²) in [6.07, 6.45) is 9.99. The van der Waals surface area contributed by atoms with Crippen LogP contribution in [0, 0.1) is 0 Å². The molecule has 0 spiro atoms. The van der Waals surface area contributed by atoms with Gasteiger partial charge in [-0.25, -0.2) is 0 Å². The molecule has 98 valence electrons. The van der Waals surface area contributed by atoms with Crippen molar-refractivity contribution >= 4 is 0 Å². The molecule has 2 N–H and O–H groups in total. The smallest absolute Gasteiger partial charge is 0.0564 e. The monoisotopic (exact) mass is 230 g/mol. The number of aliphatic hydroxyl groups is 2. The zero-order valence-corrected chi connectivity index (χ0v) is 11.1. The maximum Gasteiger partial charge on any atom is 0.0564 e. The van der Waals surface area contributed by atoms with Crippen molar-refractivity contribution in [3.05, 3.63) is 0 Å². The minimum atomic E-state index is -0.300. The molecule has 2 nitrogen and oxygen atoms in total. The Kier molecular flexibility index (Phi) is 11.3. The Morgan fingerprint density at radius 1 is 0.688 bits per heavy atom. The Labute approximate surface area is 101 Å². The molecule has 2 unspecified atom stereocenters. The Balaban J connectivity index is 3.32. The standard InChI is InChI=1S/C14H30O2/c1-3-5-7-8-9-11-14(16)12-13(15)10-6-4-2/h13-16H,3-12H2,1-2H3. The van der Waals surface area contributed by atoms with E-state index in [-0.39, 0.29) is 12.2 Å². The first-order chi connectivity index (χ1) is 7.70. The van der Waals surface area contributed by atoms with E-state index >= 15 is 0 Å². The van der Waals surface area contributed by atoms with Crippen molar-refractivity contribution in [1.29, 1.82) is 0 Å². The van der Waals surface area contributed by atoms with Gasteiger partial charge in [0, 0.05) is 0 Å². The molecule has 0 aromatic rings. The summed E-state index contributed by atoms with van der Waals surface area (Å²) < 4.78 is 0. The number of hydrogen-bond donors (Lipinski definition) is 2. The van der Waals surface area contributed by atoms with E-state index in [1.165, 1.54) is 25.7 Å². The van der Waals surface area contributed by atoms with Gasteiger partial charge in [0.1, 0.15) is 0 Å². The van der Waals surface area contributed by atoms with Gasteiger partial charge in [-0.05, 0) is 19.3 Å². The Morgan fingerprint density at radius 3 is 1.75 bits per heavy atom. The van der Waals surface area contributed by atoms with Crippen LogP contribution in [0.25, 0.3) is 0 Å². The van der Waals surface area contributed by atoms with Crippen LogP contribution in [-0.2, 0) is 0 Å². The van der Waals surface area contributed by atoms with Gasteiger partial charge in [0.2, 0.25) is 0 Å². The van der Waals surface area contributed by atoms with E-state index in [1.807, 2.05) is 0 Å². The van der Waals surface area contributed by atoms with Crippen molar-refractivity contribution in [1.82, 2.24) is 0 Å². The number of rotatable bonds is 11. The molecule has 0 aromatic carbocycles. The van der Waals surface area contributed by atoms with Gasteiger partial charge in [0.25, 0.3) is 0 Å². The molecule has 0 aliphatic heterocycles. The van der Waals surface area contributed by atoms with E-state index in [2.05, 4.69) is 13.8 Å². The lowest BCUT2D eigenvalue weighted by molar-refractivity contribution is 0.0683. The van der Waals surface area contributed by atoms with E-state index in [0.29, 0.717) is 6.42 Å². The normalized spacial score (nSPS) is 15.0. The number of hydrogen-bond acceptors (Lipinski definition) is 2. The predicted octanol–water partition coefficient (Wildman–Crippen LogP) is 3.65. The second kappa shape index (κ2) is 11.4. The van der Waals surface area contributed by atoms with Crippen LogP contribution in [-0.4, -0.2) is 22.4 Å². The Hall–Kier alpha value is -0.0800. The van der Waals surface area contributed by atoms with Gasteiger partial charge in [-0.15, -0.1) is 0 Å². The first-order valence-electron chi connectivity index (χ1n) is 7.06. The van der Waals surface area contributed by atoms with Gasteiger partial charge in [-0.1, -0.05) is 58.8 Å². The van der Waals surface area contributed by atoms with Crippen molar-refractivity contribution in [2.45, 2.75) is 90.3 Å². The summed E-state index contributed by atoms with van der Waals surface area (Å²) >= 11 is 0. The summed E-state index contributed by atoms with van der Waals surface area (Å²) in [5.41, 5.74) is 0. The first-order valence-corrected chi connectivity index (χ1v) is 7.06. The average Bonchev–Trinajstić information content (AvgIpc) is 2.26. The molecule has 0 saturated heterocycles. The lowest BCUT2D eigenvalue weighted by Crippen LogP contribution is -2.17. The van der Waals surface area contributed by atoms with E-state index in [0.717, 1.165) is 32.1 Å². The van der Waals surface area contributed by atoms with Gasteiger partial charge >= 0.3 is 0 Å². The number of aliphatic hydroxyl groups excluding tert-OH is 2. The molecule has 2 heteroatoms. The second-order valence-corrected chi connectivity index (χ2v) is 4.89. The summed E-state index contributed by atoms with van der Waals surface area (Å²) in [4.78, 5) is 0. The lowest BCUT2D eigenvalue weighted by Gasteiger charge is -2.15. The third-order valence-electron chi connectivity index (χ3n) is 3.08. The topological polar surface area (TPSA) is 40.5 Å².